The summed E-state index contributed by atoms with van der Waals surface area (Å²) in [6.45, 7) is -1.50. The molecule has 2 amide bonds. The van der Waals surface area contributed by atoms with Gasteiger partial charge in [0, 0.05) is 24.8 Å². The number of carbonyl (C=O) groups excluding carboxylic acids is 2. The number of benzene rings is 2. The molecule has 9 nitrogen and oxygen atoms in total. The number of amides is 2. The van der Waals surface area contributed by atoms with Gasteiger partial charge in [0.2, 0.25) is 5.91 Å². The van der Waals surface area contributed by atoms with Gasteiger partial charge < -0.3 is 19.7 Å². The van der Waals surface area contributed by atoms with Crippen LogP contribution in [0.5, 0.6) is 11.5 Å². The SMILES string of the molecule is O=C(Nc1cccc(OCCn2cncn2)c1)C1CCCN(C(=O)c2ccccc2OC(F)F)C1. The van der Waals surface area contributed by atoms with Crippen LogP contribution in [-0.4, -0.2) is 57.8 Å². The van der Waals surface area contributed by atoms with Gasteiger partial charge in [0.05, 0.1) is 18.0 Å². The number of nitrogens with zero attached hydrogens (tertiary/aromatic N) is 4. The number of piperidine rings is 1. The number of hydrogen-bond acceptors (Lipinski definition) is 6. The third-order valence-corrected chi connectivity index (χ3v) is 5.57. The van der Waals surface area contributed by atoms with Gasteiger partial charge in [-0.05, 0) is 37.1 Å². The highest BCUT2D eigenvalue weighted by molar-refractivity contribution is 5.98. The molecule has 1 aliphatic rings. The van der Waals surface area contributed by atoms with E-state index in [-0.39, 0.29) is 23.8 Å². The Morgan fingerprint density at radius 1 is 1.17 bits per heavy atom. The number of para-hydroxylation sites is 1. The minimum Gasteiger partial charge on any atom is -0.492 e. The summed E-state index contributed by atoms with van der Waals surface area (Å²) in [5.74, 6) is -0.688. The lowest BCUT2D eigenvalue weighted by Crippen LogP contribution is -2.43. The van der Waals surface area contributed by atoms with Crippen molar-refractivity contribution in [3.8, 4) is 11.5 Å². The zero-order valence-electron chi connectivity index (χ0n) is 18.8. The highest BCUT2D eigenvalue weighted by Gasteiger charge is 2.30. The van der Waals surface area contributed by atoms with Crippen LogP contribution in [0.3, 0.4) is 0 Å². The Hall–Kier alpha value is -4.02. The number of nitrogens with one attached hydrogen (secondary N) is 1. The van der Waals surface area contributed by atoms with Crippen molar-refractivity contribution in [1.82, 2.24) is 19.7 Å². The zero-order valence-corrected chi connectivity index (χ0v) is 18.8. The van der Waals surface area contributed by atoms with Gasteiger partial charge >= 0.3 is 6.61 Å². The predicted octanol–water partition coefficient (Wildman–Crippen LogP) is 3.45. The van der Waals surface area contributed by atoms with Crippen molar-refractivity contribution in [2.45, 2.75) is 26.0 Å². The van der Waals surface area contributed by atoms with Crippen LogP contribution in [0, 0.1) is 5.92 Å². The molecule has 0 aliphatic carbocycles. The quantitative estimate of drug-likeness (QED) is 0.499. The van der Waals surface area contributed by atoms with Crippen LogP contribution in [0.25, 0.3) is 0 Å². The molecule has 0 saturated carbocycles. The van der Waals surface area contributed by atoms with E-state index in [0.29, 0.717) is 44.0 Å². The first-order valence-corrected chi connectivity index (χ1v) is 11.2. The maximum atomic E-state index is 13.0. The minimum atomic E-state index is -3.04. The Balaban J connectivity index is 1.34. The molecule has 11 heteroatoms. The molecule has 2 heterocycles. The molecule has 1 aromatic heterocycles. The molecule has 1 saturated heterocycles. The fourth-order valence-electron chi connectivity index (χ4n) is 3.90. The molecule has 1 atom stereocenters. The topological polar surface area (TPSA) is 98.6 Å². The highest BCUT2D eigenvalue weighted by Crippen LogP contribution is 2.26. The normalized spacial score (nSPS) is 15.6. The second-order valence-corrected chi connectivity index (χ2v) is 7.99. The Kier molecular flexibility index (Phi) is 7.86. The van der Waals surface area contributed by atoms with E-state index in [0.717, 1.165) is 0 Å². The fourth-order valence-corrected chi connectivity index (χ4v) is 3.90. The van der Waals surface area contributed by atoms with Gasteiger partial charge in [-0.25, -0.2) is 9.67 Å². The molecule has 3 aromatic rings. The van der Waals surface area contributed by atoms with Crippen molar-refractivity contribution >= 4 is 17.5 Å². The summed E-state index contributed by atoms with van der Waals surface area (Å²) >= 11 is 0. The first-order chi connectivity index (χ1) is 17.0. The molecular formula is C24H25F2N5O4. The Bertz CT molecular complexity index is 1140. The monoisotopic (exact) mass is 485 g/mol. The second kappa shape index (κ2) is 11.4. The molecule has 0 bridgehead atoms. The van der Waals surface area contributed by atoms with Crippen LogP contribution < -0.4 is 14.8 Å². The van der Waals surface area contributed by atoms with Crippen molar-refractivity contribution in [3.05, 3.63) is 66.7 Å². The summed E-state index contributed by atoms with van der Waals surface area (Å²) in [5, 5.41) is 6.90. The molecule has 0 spiro atoms. The number of alkyl halides is 2. The Morgan fingerprint density at radius 2 is 2.03 bits per heavy atom. The number of halogens is 2. The number of anilines is 1. The van der Waals surface area contributed by atoms with Gasteiger partial charge in [-0.1, -0.05) is 18.2 Å². The van der Waals surface area contributed by atoms with E-state index < -0.39 is 18.4 Å². The van der Waals surface area contributed by atoms with Gasteiger partial charge in [0.15, 0.2) is 0 Å². The van der Waals surface area contributed by atoms with Gasteiger partial charge in [-0.3, -0.25) is 9.59 Å². The van der Waals surface area contributed by atoms with Crippen LogP contribution in [-0.2, 0) is 11.3 Å². The lowest BCUT2D eigenvalue weighted by atomic mass is 9.96. The van der Waals surface area contributed by atoms with Gasteiger partial charge in [0.25, 0.3) is 5.91 Å². The van der Waals surface area contributed by atoms with E-state index in [1.165, 1.54) is 29.4 Å². The Labute approximate surface area is 200 Å². The molecular weight excluding hydrogens is 460 g/mol. The number of carbonyl (C=O) groups is 2. The Morgan fingerprint density at radius 3 is 2.83 bits per heavy atom. The highest BCUT2D eigenvalue weighted by atomic mass is 19.3. The van der Waals surface area contributed by atoms with Crippen LogP contribution in [0.1, 0.15) is 23.2 Å². The van der Waals surface area contributed by atoms with Gasteiger partial charge in [-0.15, -0.1) is 0 Å². The predicted molar refractivity (Wildman–Crippen MR) is 122 cm³/mol. The van der Waals surface area contributed by atoms with Crippen LogP contribution in [0.15, 0.2) is 61.2 Å². The van der Waals surface area contributed by atoms with Gasteiger partial charge in [-0.2, -0.15) is 13.9 Å². The van der Waals surface area contributed by atoms with Crippen LogP contribution in [0.4, 0.5) is 14.5 Å². The zero-order chi connectivity index (χ0) is 24.6. The average Bonchev–Trinajstić information content (AvgIpc) is 3.37. The summed E-state index contributed by atoms with van der Waals surface area (Å²) < 4.78 is 37.3. The summed E-state index contributed by atoms with van der Waals surface area (Å²) in [6.07, 6.45) is 4.28. The first kappa shape index (κ1) is 24.1. The number of hydrogen-bond donors (Lipinski definition) is 1. The number of ether oxygens (including phenoxy) is 2. The summed E-state index contributed by atoms with van der Waals surface area (Å²) in [7, 11) is 0. The minimum absolute atomic E-state index is 0.0459. The maximum absolute atomic E-state index is 13.0. The largest absolute Gasteiger partial charge is 0.492 e. The molecule has 1 fully saturated rings. The smallest absolute Gasteiger partial charge is 0.387 e. The number of rotatable bonds is 9. The number of likely N-dealkylation sites (tertiary alicyclic amines) is 1. The number of aromatic nitrogens is 3. The summed E-state index contributed by atoms with van der Waals surface area (Å²) in [6, 6.07) is 12.9. The molecule has 0 radical (unpaired) electrons. The standard InChI is InChI=1S/C24H25F2N5O4/c25-24(26)35-21-9-2-1-8-20(21)23(33)30-10-4-5-17(14-30)22(32)29-18-6-3-7-19(13-18)34-12-11-31-16-27-15-28-31/h1-3,6-9,13,15-17,24H,4-5,10-12,14H2,(H,29,32). The second-order valence-electron chi connectivity index (χ2n) is 7.99. The van der Waals surface area contributed by atoms with Gasteiger partial charge in [0.1, 0.15) is 30.8 Å². The molecule has 1 aliphatic heterocycles. The van der Waals surface area contributed by atoms with E-state index in [4.69, 9.17) is 4.74 Å². The molecule has 1 N–H and O–H groups in total. The molecule has 35 heavy (non-hydrogen) atoms. The lowest BCUT2D eigenvalue weighted by molar-refractivity contribution is -0.121. The molecule has 2 aromatic carbocycles. The molecule has 4 rings (SSSR count). The van der Waals surface area contributed by atoms with Crippen molar-refractivity contribution in [1.29, 1.82) is 0 Å². The van der Waals surface area contributed by atoms with Crippen LogP contribution in [0.2, 0.25) is 0 Å². The van der Waals surface area contributed by atoms with E-state index >= 15 is 0 Å². The molecule has 184 valence electrons. The van der Waals surface area contributed by atoms with Crippen molar-refractivity contribution in [2.75, 3.05) is 25.0 Å². The van der Waals surface area contributed by atoms with E-state index in [1.807, 2.05) is 0 Å². The molecule has 1 unspecified atom stereocenters. The van der Waals surface area contributed by atoms with Crippen LogP contribution >= 0.6 is 0 Å². The van der Waals surface area contributed by atoms with E-state index in [2.05, 4.69) is 20.1 Å². The summed E-state index contributed by atoms with van der Waals surface area (Å²) in [4.78, 5) is 31.3. The lowest BCUT2D eigenvalue weighted by Gasteiger charge is -2.32. The third kappa shape index (κ3) is 6.52. The van der Waals surface area contributed by atoms with Crippen molar-refractivity contribution in [3.63, 3.8) is 0 Å². The average molecular weight is 485 g/mol. The maximum Gasteiger partial charge on any atom is 0.387 e. The third-order valence-electron chi connectivity index (χ3n) is 5.57. The van der Waals surface area contributed by atoms with E-state index in [1.54, 1.807) is 41.3 Å². The van der Waals surface area contributed by atoms with E-state index in [9.17, 15) is 18.4 Å². The van der Waals surface area contributed by atoms with Crippen molar-refractivity contribution in [2.24, 2.45) is 5.92 Å². The van der Waals surface area contributed by atoms with Crippen molar-refractivity contribution < 1.29 is 27.8 Å². The summed E-state index contributed by atoms with van der Waals surface area (Å²) in [5.41, 5.74) is 0.622. The first-order valence-electron chi connectivity index (χ1n) is 11.2. The fraction of sp³-hybridized carbons (Fsp3) is 0.333.